The molecule has 0 aliphatic carbocycles. The number of anilines is 1. The molecule has 0 spiro atoms. The summed E-state index contributed by atoms with van der Waals surface area (Å²) in [6.45, 7) is 5.19. The Balaban J connectivity index is 2.30. The van der Waals surface area contributed by atoms with Gasteiger partial charge in [-0.1, -0.05) is 28.9 Å². The molecule has 0 atom stereocenters. The fourth-order valence-electron chi connectivity index (χ4n) is 2.62. The van der Waals surface area contributed by atoms with E-state index < -0.39 is 0 Å². The number of hydrogen-bond acceptors (Lipinski definition) is 2. The number of nitrogens with zero attached hydrogens (tertiary/aromatic N) is 2. The van der Waals surface area contributed by atoms with Gasteiger partial charge in [0, 0.05) is 22.3 Å². The number of nitrogens with two attached hydrogens (primary N) is 1. The maximum atomic E-state index is 6.16. The number of rotatable bonds is 3. The molecule has 0 radical (unpaired) electrons. The number of nitrogen functional groups attached to an aromatic ring is 1. The molecule has 3 rings (SSSR count). The first-order valence-electron chi connectivity index (χ1n) is 7.12. The highest BCUT2D eigenvalue weighted by atomic mass is 79.9. The largest absolute Gasteiger partial charge is 0.398 e. The van der Waals surface area contributed by atoms with Crippen molar-refractivity contribution in [3.63, 3.8) is 0 Å². The van der Waals surface area contributed by atoms with Crippen molar-refractivity contribution in [3.8, 4) is 11.4 Å². The van der Waals surface area contributed by atoms with Crippen LogP contribution in [0.5, 0.6) is 0 Å². The fourth-order valence-corrected chi connectivity index (χ4v) is 2.98. The van der Waals surface area contributed by atoms with Crippen LogP contribution < -0.4 is 5.73 Å². The third-order valence-electron chi connectivity index (χ3n) is 3.61. The van der Waals surface area contributed by atoms with Gasteiger partial charge in [-0.25, -0.2) is 4.98 Å². The second-order valence-corrected chi connectivity index (χ2v) is 6.23. The van der Waals surface area contributed by atoms with Gasteiger partial charge in [-0.05, 0) is 49.2 Å². The minimum Gasteiger partial charge on any atom is -0.398 e. The molecule has 0 saturated carbocycles. The first-order valence-corrected chi connectivity index (χ1v) is 7.91. The SMILES string of the molecule is CCCn1c(-c2cc(Br)ccc2N)nc2cc(C)ccc21. The van der Waals surface area contributed by atoms with E-state index in [2.05, 4.69) is 52.5 Å². The summed E-state index contributed by atoms with van der Waals surface area (Å²) < 4.78 is 3.27. The number of imidazole rings is 1. The quantitative estimate of drug-likeness (QED) is 0.696. The lowest BCUT2D eigenvalue weighted by atomic mass is 10.1. The van der Waals surface area contributed by atoms with Crippen LogP contribution in [0.25, 0.3) is 22.4 Å². The predicted molar refractivity (Wildman–Crippen MR) is 92.3 cm³/mol. The lowest BCUT2D eigenvalue weighted by molar-refractivity contribution is 0.704. The number of halogens is 1. The molecule has 0 bridgehead atoms. The maximum Gasteiger partial charge on any atom is 0.143 e. The summed E-state index contributed by atoms with van der Waals surface area (Å²) in [5.41, 5.74) is 11.3. The Morgan fingerprint density at radius 1 is 1.19 bits per heavy atom. The van der Waals surface area contributed by atoms with Crippen LogP contribution in [-0.2, 0) is 6.54 Å². The van der Waals surface area contributed by atoms with Crippen molar-refractivity contribution in [3.05, 3.63) is 46.4 Å². The molecular formula is C17H18BrN3. The van der Waals surface area contributed by atoms with E-state index in [1.54, 1.807) is 0 Å². The minimum absolute atomic E-state index is 0.752. The van der Waals surface area contributed by atoms with Crippen LogP contribution in [0.3, 0.4) is 0 Å². The molecule has 2 N–H and O–H groups in total. The molecule has 0 aliphatic rings. The number of fused-ring (bicyclic) bond motifs is 1. The van der Waals surface area contributed by atoms with Crippen molar-refractivity contribution < 1.29 is 0 Å². The zero-order valence-electron chi connectivity index (χ0n) is 12.2. The van der Waals surface area contributed by atoms with Crippen LogP contribution in [0.4, 0.5) is 5.69 Å². The monoisotopic (exact) mass is 343 g/mol. The smallest absolute Gasteiger partial charge is 0.143 e. The molecule has 3 nitrogen and oxygen atoms in total. The number of aryl methyl sites for hydroxylation is 2. The highest BCUT2D eigenvalue weighted by Crippen LogP contribution is 2.31. The Bertz CT molecular complexity index is 805. The molecule has 3 aromatic rings. The van der Waals surface area contributed by atoms with E-state index in [1.807, 2.05) is 18.2 Å². The average Bonchev–Trinajstić information content (AvgIpc) is 2.80. The summed E-state index contributed by atoms with van der Waals surface area (Å²) in [6, 6.07) is 12.3. The minimum atomic E-state index is 0.752. The van der Waals surface area contributed by atoms with Gasteiger partial charge in [0.15, 0.2) is 0 Å². The lowest BCUT2D eigenvalue weighted by Crippen LogP contribution is -2.01. The molecule has 0 fully saturated rings. The van der Waals surface area contributed by atoms with Gasteiger partial charge in [0.1, 0.15) is 5.82 Å². The van der Waals surface area contributed by atoms with Crippen molar-refractivity contribution >= 4 is 32.7 Å². The van der Waals surface area contributed by atoms with Crippen molar-refractivity contribution in [1.82, 2.24) is 9.55 Å². The molecule has 1 heterocycles. The molecule has 2 aromatic carbocycles. The van der Waals surface area contributed by atoms with E-state index in [-0.39, 0.29) is 0 Å². The third-order valence-corrected chi connectivity index (χ3v) is 4.10. The number of hydrogen-bond donors (Lipinski definition) is 1. The van der Waals surface area contributed by atoms with Crippen LogP contribution >= 0.6 is 15.9 Å². The van der Waals surface area contributed by atoms with Crippen LogP contribution in [0.2, 0.25) is 0 Å². The molecule has 0 aliphatic heterocycles. The van der Waals surface area contributed by atoms with Gasteiger partial charge in [0.2, 0.25) is 0 Å². The maximum absolute atomic E-state index is 6.16. The first kappa shape index (κ1) is 14.1. The first-order chi connectivity index (χ1) is 10.1. The summed E-state index contributed by atoms with van der Waals surface area (Å²) in [7, 11) is 0. The highest BCUT2D eigenvalue weighted by molar-refractivity contribution is 9.10. The Kier molecular flexibility index (Phi) is 3.72. The molecule has 21 heavy (non-hydrogen) atoms. The molecule has 0 amide bonds. The normalized spacial score (nSPS) is 11.2. The number of benzene rings is 2. The number of aromatic nitrogens is 2. The van der Waals surface area contributed by atoms with Crippen molar-refractivity contribution in [2.45, 2.75) is 26.8 Å². The van der Waals surface area contributed by atoms with E-state index in [0.717, 1.165) is 45.5 Å². The second-order valence-electron chi connectivity index (χ2n) is 5.31. The van der Waals surface area contributed by atoms with Crippen molar-refractivity contribution in [2.75, 3.05) is 5.73 Å². The Morgan fingerprint density at radius 3 is 2.76 bits per heavy atom. The van der Waals surface area contributed by atoms with Crippen LogP contribution in [0.1, 0.15) is 18.9 Å². The van der Waals surface area contributed by atoms with Gasteiger partial charge in [-0.3, -0.25) is 0 Å². The van der Waals surface area contributed by atoms with E-state index in [1.165, 1.54) is 5.56 Å². The zero-order chi connectivity index (χ0) is 15.0. The molecule has 0 saturated heterocycles. The topological polar surface area (TPSA) is 43.8 Å². The lowest BCUT2D eigenvalue weighted by Gasteiger charge is -2.10. The average molecular weight is 344 g/mol. The summed E-state index contributed by atoms with van der Waals surface area (Å²) in [5, 5.41) is 0. The second kappa shape index (κ2) is 5.53. The van der Waals surface area contributed by atoms with Gasteiger partial charge in [-0.2, -0.15) is 0 Å². The third kappa shape index (κ3) is 2.56. The van der Waals surface area contributed by atoms with E-state index in [9.17, 15) is 0 Å². The van der Waals surface area contributed by atoms with Gasteiger partial charge < -0.3 is 10.3 Å². The zero-order valence-corrected chi connectivity index (χ0v) is 13.8. The standard InChI is InChI=1S/C17H18BrN3/c1-3-8-21-16-7-4-11(2)9-15(16)20-17(21)13-10-12(18)5-6-14(13)19/h4-7,9-10H,3,8,19H2,1-2H3. The Labute approximate surface area is 132 Å². The Hall–Kier alpha value is -1.81. The van der Waals surface area contributed by atoms with Crippen LogP contribution in [0, 0.1) is 6.92 Å². The summed E-state index contributed by atoms with van der Waals surface area (Å²) in [4.78, 5) is 4.83. The molecule has 0 unspecified atom stereocenters. The Morgan fingerprint density at radius 2 is 2.00 bits per heavy atom. The molecule has 108 valence electrons. The predicted octanol–water partition coefficient (Wildman–Crippen LogP) is 4.77. The molecule has 4 heteroatoms. The fraction of sp³-hybridized carbons (Fsp3) is 0.235. The van der Waals surface area contributed by atoms with Crippen LogP contribution in [0.15, 0.2) is 40.9 Å². The van der Waals surface area contributed by atoms with Crippen molar-refractivity contribution in [1.29, 1.82) is 0 Å². The summed E-state index contributed by atoms with van der Waals surface area (Å²) in [6.07, 6.45) is 1.06. The summed E-state index contributed by atoms with van der Waals surface area (Å²) in [5.74, 6) is 0.941. The van der Waals surface area contributed by atoms with Gasteiger partial charge in [0.25, 0.3) is 0 Å². The molecular weight excluding hydrogens is 326 g/mol. The van der Waals surface area contributed by atoms with E-state index in [4.69, 9.17) is 10.7 Å². The highest BCUT2D eigenvalue weighted by Gasteiger charge is 2.14. The van der Waals surface area contributed by atoms with Crippen molar-refractivity contribution in [2.24, 2.45) is 0 Å². The van der Waals surface area contributed by atoms with Gasteiger partial charge >= 0.3 is 0 Å². The van der Waals surface area contributed by atoms with Crippen LogP contribution in [-0.4, -0.2) is 9.55 Å². The van der Waals surface area contributed by atoms with Gasteiger partial charge in [0.05, 0.1) is 11.0 Å². The van der Waals surface area contributed by atoms with E-state index >= 15 is 0 Å². The van der Waals surface area contributed by atoms with Gasteiger partial charge in [-0.15, -0.1) is 0 Å². The van der Waals surface area contributed by atoms with E-state index in [0.29, 0.717) is 0 Å². The summed E-state index contributed by atoms with van der Waals surface area (Å²) >= 11 is 3.52. The molecule has 1 aromatic heterocycles.